The number of aliphatic hydroxyl groups is 1. The van der Waals surface area contributed by atoms with Gasteiger partial charge in [0.25, 0.3) is 0 Å². The molecule has 1 N–H and O–H groups in total. The van der Waals surface area contributed by atoms with E-state index in [-0.39, 0.29) is 18.1 Å². The largest absolute Gasteiger partial charge is 0.459 e. The first-order chi connectivity index (χ1) is 7.24. The van der Waals surface area contributed by atoms with Gasteiger partial charge in [0.05, 0.1) is 11.5 Å². The highest BCUT2D eigenvalue weighted by atomic mass is 16.6. The number of aliphatic hydroxyl groups excluding tert-OH is 1. The quantitative estimate of drug-likeness (QED) is 0.711. The number of carbonyl (C=O) groups excluding carboxylic acids is 2. The van der Waals surface area contributed by atoms with Crippen molar-refractivity contribution in [2.24, 2.45) is 16.7 Å². The van der Waals surface area contributed by atoms with Crippen LogP contribution >= 0.6 is 0 Å². The summed E-state index contributed by atoms with van der Waals surface area (Å²) in [6.07, 6.45) is -1.15. The van der Waals surface area contributed by atoms with Crippen LogP contribution in [0, 0.1) is 16.7 Å². The van der Waals surface area contributed by atoms with Crippen LogP contribution in [0.3, 0.4) is 0 Å². The molecule has 2 rings (SSSR count). The third kappa shape index (κ3) is 1.08. The van der Waals surface area contributed by atoms with Crippen molar-refractivity contribution < 1.29 is 19.4 Å². The summed E-state index contributed by atoms with van der Waals surface area (Å²) in [5, 5.41) is 10.2. The van der Waals surface area contributed by atoms with E-state index in [1.165, 1.54) is 0 Å². The normalized spacial score (nSPS) is 38.0. The Balaban J connectivity index is 2.40. The van der Waals surface area contributed by atoms with Crippen LogP contribution in [0.4, 0.5) is 0 Å². The Morgan fingerprint density at radius 3 is 2.31 bits per heavy atom. The number of carbonyl (C=O) groups is 2. The fourth-order valence-electron chi connectivity index (χ4n) is 2.94. The molecule has 1 saturated heterocycles. The first-order valence-corrected chi connectivity index (χ1v) is 5.67. The van der Waals surface area contributed by atoms with Crippen LogP contribution in [0.25, 0.3) is 0 Å². The van der Waals surface area contributed by atoms with Crippen LogP contribution in [0.15, 0.2) is 0 Å². The lowest BCUT2D eigenvalue weighted by Gasteiger charge is -2.49. The lowest BCUT2D eigenvalue weighted by molar-refractivity contribution is -0.233. The third-order valence-corrected chi connectivity index (χ3v) is 4.06. The molecule has 90 valence electrons. The van der Waals surface area contributed by atoms with Gasteiger partial charge < -0.3 is 9.84 Å². The van der Waals surface area contributed by atoms with Crippen molar-refractivity contribution in [2.45, 2.75) is 46.3 Å². The van der Waals surface area contributed by atoms with Crippen molar-refractivity contribution in [3.8, 4) is 0 Å². The van der Waals surface area contributed by atoms with Crippen LogP contribution in [0.5, 0.6) is 0 Å². The number of hydrogen-bond acceptors (Lipinski definition) is 4. The third-order valence-electron chi connectivity index (χ3n) is 4.06. The standard InChI is InChI=1S/C12H18O4/c1-6(2)8(14)12-5-7(13)11(3,4)9(12)16-10(12)15/h6,8-9,14H,5H2,1-4H3/t8-,9?,12?/m0/s1. The second kappa shape index (κ2) is 3.06. The first kappa shape index (κ1) is 11.6. The van der Waals surface area contributed by atoms with Gasteiger partial charge in [-0.2, -0.15) is 0 Å². The summed E-state index contributed by atoms with van der Waals surface area (Å²) in [5.74, 6) is -0.474. The maximum atomic E-state index is 11.9. The van der Waals surface area contributed by atoms with E-state index in [4.69, 9.17) is 4.74 Å². The minimum absolute atomic E-state index is 0.00282. The molecular weight excluding hydrogens is 208 g/mol. The predicted molar refractivity (Wildman–Crippen MR) is 56.6 cm³/mol. The summed E-state index contributed by atoms with van der Waals surface area (Å²) >= 11 is 0. The predicted octanol–water partition coefficient (Wildman–Crippen LogP) is 0.914. The van der Waals surface area contributed by atoms with E-state index < -0.39 is 29.0 Å². The number of hydrogen-bond donors (Lipinski definition) is 1. The highest BCUT2D eigenvalue weighted by Crippen LogP contribution is 2.58. The first-order valence-electron chi connectivity index (χ1n) is 5.67. The minimum Gasteiger partial charge on any atom is -0.459 e. The second-order valence-corrected chi connectivity index (χ2v) is 5.84. The van der Waals surface area contributed by atoms with E-state index in [9.17, 15) is 14.7 Å². The van der Waals surface area contributed by atoms with E-state index in [0.717, 1.165) is 0 Å². The molecule has 4 nitrogen and oxygen atoms in total. The van der Waals surface area contributed by atoms with Crippen LogP contribution < -0.4 is 0 Å². The number of Topliss-reactive ketones (excluding diaryl/α,β-unsaturated/α-hetero) is 1. The monoisotopic (exact) mass is 226 g/mol. The van der Waals surface area contributed by atoms with Gasteiger partial charge in [-0.25, -0.2) is 0 Å². The van der Waals surface area contributed by atoms with Crippen molar-refractivity contribution in [3.63, 3.8) is 0 Å². The highest BCUT2D eigenvalue weighted by Gasteiger charge is 2.74. The van der Waals surface area contributed by atoms with Crippen LogP contribution in [0.2, 0.25) is 0 Å². The molecule has 2 fully saturated rings. The zero-order valence-corrected chi connectivity index (χ0v) is 10.1. The molecule has 0 aromatic rings. The fraction of sp³-hybridized carbons (Fsp3) is 0.833. The van der Waals surface area contributed by atoms with Crippen LogP contribution in [0.1, 0.15) is 34.1 Å². The molecule has 16 heavy (non-hydrogen) atoms. The number of ketones is 1. The topological polar surface area (TPSA) is 63.6 Å². The van der Waals surface area contributed by atoms with Gasteiger partial charge in [-0.1, -0.05) is 13.8 Å². The highest BCUT2D eigenvalue weighted by molar-refractivity contribution is 6.00. The molecule has 0 bridgehead atoms. The van der Waals surface area contributed by atoms with Crippen molar-refractivity contribution >= 4 is 11.8 Å². The van der Waals surface area contributed by atoms with Crippen molar-refractivity contribution in [3.05, 3.63) is 0 Å². The Labute approximate surface area is 95.0 Å². The fourth-order valence-corrected chi connectivity index (χ4v) is 2.94. The molecule has 0 spiro atoms. The summed E-state index contributed by atoms with van der Waals surface area (Å²) in [6, 6.07) is 0. The van der Waals surface area contributed by atoms with Gasteiger partial charge in [-0.15, -0.1) is 0 Å². The zero-order chi connectivity index (χ0) is 12.3. The lowest BCUT2D eigenvalue weighted by atomic mass is 9.67. The molecule has 1 aliphatic carbocycles. The Bertz CT molecular complexity index is 358. The molecule has 1 heterocycles. The Morgan fingerprint density at radius 1 is 1.38 bits per heavy atom. The zero-order valence-electron chi connectivity index (χ0n) is 10.1. The molecule has 2 unspecified atom stereocenters. The van der Waals surface area contributed by atoms with Gasteiger partial charge in [0.1, 0.15) is 17.3 Å². The van der Waals surface area contributed by atoms with E-state index in [1.807, 2.05) is 13.8 Å². The van der Waals surface area contributed by atoms with Gasteiger partial charge >= 0.3 is 5.97 Å². The average Bonchev–Trinajstić information content (AvgIpc) is 2.34. The van der Waals surface area contributed by atoms with Gasteiger partial charge in [-0.05, 0) is 19.8 Å². The van der Waals surface area contributed by atoms with Gasteiger partial charge in [-0.3, -0.25) is 9.59 Å². The summed E-state index contributed by atoms with van der Waals surface area (Å²) in [7, 11) is 0. The molecule has 1 saturated carbocycles. The summed E-state index contributed by atoms with van der Waals surface area (Å²) < 4.78 is 5.10. The molecule has 3 atom stereocenters. The van der Waals surface area contributed by atoms with E-state index in [1.54, 1.807) is 13.8 Å². The van der Waals surface area contributed by atoms with E-state index in [2.05, 4.69) is 0 Å². The van der Waals surface area contributed by atoms with Gasteiger partial charge in [0, 0.05) is 6.42 Å². The molecule has 0 aromatic heterocycles. The Hall–Kier alpha value is -0.900. The van der Waals surface area contributed by atoms with Gasteiger partial charge in [0.15, 0.2) is 0 Å². The molecule has 0 amide bonds. The minimum atomic E-state index is -0.977. The second-order valence-electron chi connectivity index (χ2n) is 5.84. The lowest BCUT2D eigenvalue weighted by Crippen LogP contribution is -2.64. The SMILES string of the molecule is CC(C)[C@H](O)C12CC(=O)C(C)(C)C1OC2=O. The summed E-state index contributed by atoms with van der Waals surface area (Å²) in [4.78, 5) is 23.6. The van der Waals surface area contributed by atoms with Crippen molar-refractivity contribution in [2.75, 3.05) is 0 Å². The molecule has 1 aliphatic heterocycles. The van der Waals surface area contributed by atoms with Crippen molar-refractivity contribution in [1.82, 2.24) is 0 Å². The molecule has 2 aliphatic rings. The smallest absolute Gasteiger partial charge is 0.319 e. The maximum Gasteiger partial charge on any atom is 0.319 e. The molecular formula is C12H18O4. The van der Waals surface area contributed by atoms with Gasteiger partial charge in [0.2, 0.25) is 0 Å². The van der Waals surface area contributed by atoms with E-state index in [0.29, 0.717) is 0 Å². The number of fused-ring (bicyclic) bond motifs is 1. The van der Waals surface area contributed by atoms with E-state index >= 15 is 0 Å². The molecule has 0 radical (unpaired) electrons. The number of esters is 1. The average molecular weight is 226 g/mol. The van der Waals surface area contributed by atoms with Crippen LogP contribution in [-0.2, 0) is 14.3 Å². The Morgan fingerprint density at radius 2 is 1.94 bits per heavy atom. The summed E-state index contributed by atoms with van der Waals surface area (Å²) in [5.41, 5.74) is -1.64. The number of rotatable bonds is 2. The van der Waals surface area contributed by atoms with Crippen molar-refractivity contribution in [1.29, 1.82) is 0 Å². The van der Waals surface area contributed by atoms with Crippen LogP contribution in [-0.4, -0.2) is 29.1 Å². The molecule has 0 aromatic carbocycles. The molecule has 4 heteroatoms. The summed E-state index contributed by atoms with van der Waals surface area (Å²) in [6.45, 7) is 7.25. The number of ether oxygens (including phenoxy) is 1. The Kier molecular flexibility index (Phi) is 2.22. The maximum absolute atomic E-state index is 11.9.